The molecule has 0 aromatic heterocycles. The fraction of sp³-hybridized carbons (Fsp3) is 0.938. The molecule has 0 spiro atoms. The summed E-state index contributed by atoms with van der Waals surface area (Å²) in [5.41, 5.74) is 0. The highest BCUT2D eigenvalue weighted by atomic mass is 27.2. The standard InChI is InChI=1S/2C16H32O2.Al.H2O/c2*1-2-3-4-5-6-7-8-9-10-11-12-13-14-15-16(17)18;;/h2*2-15H2,1H3,(H,17,18);;1H2/q;;+2;/p-2. The predicted octanol–water partition coefficient (Wildman–Crippen LogP) is 9.74. The van der Waals surface area contributed by atoms with Crippen LogP contribution in [0.15, 0.2) is 0 Å². The third-order valence-corrected chi connectivity index (χ3v) is 8.05. The van der Waals surface area contributed by atoms with Gasteiger partial charge in [0.1, 0.15) is 0 Å². The van der Waals surface area contributed by atoms with Gasteiger partial charge in [-0.2, -0.15) is 0 Å². The van der Waals surface area contributed by atoms with Crippen molar-refractivity contribution in [2.75, 3.05) is 0 Å². The van der Waals surface area contributed by atoms with E-state index in [1.54, 1.807) is 0 Å². The lowest BCUT2D eigenvalue weighted by molar-refractivity contribution is -0.139. The number of carbonyl (C=O) groups excluding carboxylic acids is 2. The zero-order valence-electron chi connectivity index (χ0n) is 25.5. The molecule has 0 aliphatic heterocycles. The van der Waals surface area contributed by atoms with Gasteiger partial charge in [0.2, 0.25) is 0 Å². The first-order valence-corrected chi connectivity index (χ1v) is 17.4. The first-order valence-electron chi connectivity index (χ1n) is 16.4. The van der Waals surface area contributed by atoms with Crippen LogP contribution in [-0.2, 0) is 17.2 Å². The summed E-state index contributed by atoms with van der Waals surface area (Å²) in [6, 6.07) is 0. The zero-order valence-corrected chi connectivity index (χ0v) is 26.7. The van der Waals surface area contributed by atoms with Crippen LogP contribution < -0.4 is 0 Å². The maximum Gasteiger partial charge on any atom is 0.885 e. The van der Waals surface area contributed by atoms with Gasteiger partial charge in [-0.3, -0.25) is 9.59 Å². The van der Waals surface area contributed by atoms with Crippen molar-refractivity contribution in [3.63, 3.8) is 0 Å². The van der Waals surface area contributed by atoms with Crippen molar-refractivity contribution >= 4 is 27.8 Å². The molecule has 225 valence electrons. The number of carbonyl (C=O) groups is 2. The molecule has 38 heavy (non-hydrogen) atoms. The summed E-state index contributed by atoms with van der Waals surface area (Å²) in [7, 11) is 0. The van der Waals surface area contributed by atoms with Gasteiger partial charge in [0, 0.05) is 12.8 Å². The zero-order chi connectivity index (χ0) is 27.1. The Kier molecular flexibility index (Phi) is 35.9. The fourth-order valence-corrected chi connectivity index (χ4v) is 5.32. The summed E-state index contributed by atoms with van der Waals surface area (Å²) in [6.45, 7) is 4.53. The van der Waals surface area contributed by atoms with E-state index in [9.17, 15) is 9.59 Å². The van der Waals surface area contributed by atoms with Crippen molar-refractivity contribution < 1.29 is 22.6 Å². The first kappa shape index (κ1) is 39.6. The molecule has 0 unspecified atom stereocenters. The smallest absolute Gasteiger partial charge is 0.589 e. The third-order valence-electron chi connectivity index (χ3n) is 7.33. The van der Waals surface area contributed by atoms with E-state index in [1.807, 2.05) is 0 Å². The molecule has 0 aromatic carbocycles. The summed E-state index contributed by atoms with van der Waals surface area (Å²) >= 11 is -0.997. The molecule has 6 heteroatoms. The first-order chi connectivity index (χ1) is 18.2. The Morgan fingerprint density at radius 1 is 0.395 bits per heavy atom. The van der Waals surface area contributed by atoms with Crippen molar-refractivity contribution in [1.82, 2.24) is 0 Å². The van der Waals surface area contributed by atoms with Crippen LogP contribution >= 0.6 is 0 Å². The van der Waals surface area contributed by atoms with Gasteiger partial charge in [-0.25, -0.2) is 0 Å². The average Bonchev–Trinajstić information content (AvgIpc) is 2.89. The molecular formula is C32H64AlO5. The van der Waals surface area contributed by atoms with E-state index in [0.29, 0.717) is 12.8 Å². The normalized spacial score (nSPS) is 10.7. The summed E-state index contributed by atoms with van der Waals surface area (Å²) < 4.78 is 10.3. The highest BCUT2D eigenvalue weighted by Gasteiger charge is 2.13. The molecule has 0 aromatic rings. The summed E-state index contributed by atoms with van der Waals surface area (Å²) in [5, 5.41) is 0. The average molecular weight is 556 g/mol. The van der Waals surface area contributed by atoms with Crippen LogP contribution in [0.3, 0.4) is 0 Å². The molecule has 0 saturated carbocycles. The van der Waals surface area contributed by atoms with E-state index in [-0.39, 0.29) is 17.4 Å². The van der Waals surface area contributed by atoms with Gasteiger partial charge < -0.3 is 13.1 Å². The minimum Gasteiger partial charge on any atom is -0.589 e. The second-order valence-electron chi connectivity index (χ2n) is 11.1. The van der Waals surface area contributed by atoms with Crippen molar-refractivity contribution in [3.8, 4) is 0 Å². The number of unbranched alkanes of at least 4 members (excludes halogenated alkanes) is 24. The third kappa shape index (κ3) is 33.5. The highest BCUT2D eigenvalue weighted by Crippen LogP contribution is 2.14. The largest absolute Gasteiger partial charge is 0.885 e. The Bertz CT molecular complexity index is 444. The van der Waals surface area contributed by atoms with Crippen LogP contribution in [0.4, 0.5) is 0 Å². The van der Waals surface area contributed by atoms with Gasteiger partial charge in [-0.1, -0.05) is 168 Å². The summed E-state index contributed by atoms with van der Waals surface area (Å²) in [6.07, 6.45) is 34.5. The van der Waals surface area contributed by atoms with Crippen LogP contribution in [0.25, 0.3) is 0 Å². The van der Waals surface area contributed by atoms with E-state index in [4.69, 9.17) is 7.58 Å². The number of rotatable bonds is 30. The Morgan fingerprint density at radius 2 is 0.605 bits per heavy atom. The van der Waals surface area contributed by atoms with Crippen molar-refractivity contribution in [3.05, 3.63) is 0 Å². The molecule has 0 amide bonds. The second-order valence-corrected chi connectivity index (χ2v) is 11.7. The molecule has 0 atom stereocenters. The number of hydrogen-bond acceptors (Lipinski definition) is 4. The molecule has 0 aliphatic rings. The van der Waals surface area contributed by atoms with Crippen LogP contribution in [-0.4, -0.2) is 33.3 Å². The minimum atomic E-state index is -0.997. The molecule has 5 nitrogen and oxygen atoms in total. The SMILES string of the molecule is CCCCCCCCCCCCCCCC(=O)[O][Al][O]C(=O)CCCCCCCCCCCCCCC.O. The molecule has 0 fully saturated rings. The van der Waals surface area contributed by atoms with Crippen LogP contribution in [0.5, 0.6) is 0 Å². The predicted molar refractivity (Wildman–Crippen MR) is 162 cm³/mol. The van der Waals surface area contributed by atoms with Crippen molar-refractivity contribution in [2.45, 2.75) is 194 Å². The van der Waals surface area contributed by atoms with E-state index in [2.05, 4.69) is 13.8 Å². The van der Waals surface area contributed by atoms with Crippen molar-refractivity contribution in [1.29, 1.82) is 0 Å². The molecule has 0 heterocycles. The van der Waals surface area contributed by atoms with Gasteiger partial charge >= 0.3 is 15.9 Å². The monoisotopic (exact) mass is 555 g/mol. The fourth-order valence-electron chi connectivity index (χ4n) is 4.82. The van der Waals surface area contributed by atoms with Gasteiger partial charge in [-0.05, 0) is 12.8 Å². The molecule has 2 N–H and O–H groups in total. The Balaban J connectivity index is 0. The van der Waals surface area contributed by atoms with E-state index >= 15 is 0 Å². The van der Waals surface area contributed by atoms with Gasteiger partial charge in [0.15, 0.2) is 0 Å². The molecule has 1 radical (unpaired) electrons. The van der Waals surface area contributed by atoms with Crippen LogP contribution in [0.1, 0.15) is 194 Å². The lowest BCUT2D eigenvalue weighted by atomic mass is 10.0. The Hall–Kier alpha value is -0.568. The van der Waals surface area contributed by atoms with E-state index in [0.717, 1.165) is 25.7 Å². The maximum atomic E-state index is 11.8. The maximum absolute atomic E-state index is 11.8. The molecule has 0 aliphatic carbocycles. The highest BCUT2D eigenvalue weighted by molar-refractivity contribution is 6.25. The molecule has 0 saturated heterocycles. The van der Waals surface area contributed by atoms with Crippen LogP contribution in [0, 0.1) is 0 Å². The lowest BCUT2D eigenvalue weighted by Gasteiger charge is -2.07. The van der Waals surface area contributed by atoms with E-state index < -0.39 is 15.9 Å². The van der Waals surface area contributed by atoms with Crippen molar-refractivity contribution in [2.24, 2.45) is 0 Å². The van der Waals surface area contributed by atoms with Gasteiger partial charge in [0.25, 0.3) is 11.9 Å². The Morgan fingerprint density at radius 3 is 0.842 bits per heavy atom. The molecular weight excluding hydrogens is 491 g/mol. The van der Waals surface area contributed by atoms with Gasteiger partial charge in [-0.15, -0.1) is 0 Å². The van der Waals surface area contributed by atoms with Crippen LogP contribution in [0.2, 0.25) is 0 Å². The summed E-state index contributed by atoms with van der Waals surface area (Å²) in [4.78, 5) is 23.6. The molecule has 0 rings (SSSR count). The van der Waals surface area contributed by atoms with Gasteiger partial charge in [0.05, 0.1) is 0 Å². The topological polar surface area (TPSA) is 84.1 Å². The Labute approximate surface area is 243 Å². The lowest BCUT2D eigenvalue weighted by Crippen LogP contribution is -2.15. The second kappa shape index (κ2) is 34.5. The number of hydrogen-bond donors (Lipinski definition) is 0. The quantitative estimate of drug-likeness (QED) is 0.0652. The summed E-state index contributed by atoms with van der Waals surface area (Å²) in [5.74, 6) is -0.432. The van der Waals surface area contributed by atoms with E-state index in [1.165, 1.54) is 141 Å². The molecule has 0 bridgehead atoms. The minimum absolute atomic E-state index is 0.